The number of hydrogen-bond acceptors (Lipinski definition) is 2. The zero-order valence-electron chi connectivity index (χ0n) is 7.55. The van der Waals surface area contributed by atoms with Crippen LogP contribution in [0.4, 0.5) is 0 Å². The monoisotopic (exact) mass is 171 g/mol. The van der Waals surface area contributed by atoms with E-state index in [-0.39, 0.29) is 0 Å². The summed E-state index contributed by atoms with van der Waals surface area (Å²) in [6.45, 7) is 2.25. The summed E-state index contributed by atoms with van der Waals surface area (Å²) in [5, 5.41) is 8.50. The van der Waals surface area contributed by atoms with E-state index in [1.165, 1.54) is 12.8 Å². The lowest BCUT2D eigenvalue weighted by molar-refractivity contribution is -0.138. The summed E-state index contributed by atoms with van der Waals surface area (Å²) >= 11 is 0. The van der Waals surface area contributed by atoms with Crippen molar-refractivity contribution < 1.29 is 9.90 Å². The molecule has 1 aliphatic rings. The standard InChI is InChI=1S/C9H17NO2/c1-9(5-6-9)4-2-3-7(10)8(11)12/h7H,2-6,10H2,1H3,(H,11,12). The fraction of sp³-hybridized carbons (Fsp3) is 0.889. The van der Waals surface area contributed by atoms with E-state index in [9.17, 15) is 4.79 Å². The van der Waals surface area contributed by atoms with Crippen LogP contribution in [-0.2, 0) is 4.79 Å². The summed E-state index contributed by atoms with van der Waals surface area (Å²) in [5.74, 6) is -0.879. The fourth-order valence-electron chi connectivity index (χ4n) is 1.34. The average molecular weight is 171 g/mol. The number of hydrogen-bond donors (Lipinski definition) is 2. The minimum Gasteiger partial charge on any atom is -0.480 e. The van der Waals surface area contributed by atoms with Crippen molar-refractivity contribution in [2.45, 2.75) is 45.1 Å². The topological polar surface area (TPSA) is 63.3 Å². The molecule has 1 unspecified atom stereocenters. The highest BCUT2D eigenvalue weighted by Crippen LogP contribution is 2.49. The smallest absolute Gasteiger partial charge is 0.320 e. The first kappa shape index (κ1) is 9.52. The SMILES string of the molecule is CC1(CCCC(N)C(=O)O)CC1. The van der Waals surface area contributed by atoms with Crippen LogP contribution in [0.25, 0.3) is 0 Å². The summed E-state index contributed by atoms with van der Waals surface area (Å²) in [4.78, 5) is 10.3. The number of carboxylic acids is 1. The maximum atomic E-state index is 10.3. The molecule has 0 aliphatic heterocycles. The molecule has 0 radical (unpaired) electrons. The Balaban J connectivity index is 2.05. The van der Waals surface area contributed by atoms with E-state index in [2.05, 4.69) is 6.92 Å². The Morgan fingerprint density at radius 1 is 1.67 bits per heavy atom. The van der Waals surface area contributed by atoms with Gasteiger partial charge in [-0.1, -0.05) is 13.3 Å². The highest BCUT2D eigenvalue weighted by molar-refractivity contribution is 5.72. The van der Waals surface area contributed by atoms with Crippen LogP contribution < -0.4 is 5.73 Å². The van der Waals surface area contributed by atoms with Crippen LogP contribution in [0.3, 0.4) is 0 Å². The molecule has 3 N–H and O–H groups in total. The van der Waals surface area contributed by atoms with E-state index in [4.69, 9.17) is 10.8 Å². The van der Waals surface area contributed by atoms with Gasteiger partial charge in [0.1, 0.15) is 6.04 Å². The van der Waals surface area contributed by atoms with Crippen LogP contribution in [-0.4, -0.2) is 17.1 Å². The molecule has 0 amide bonds. The minimum atomic E-state index is -0.879. The maximum absolute atomic E-state index is 10.3. The maximum Gasteiger partial charge on any atom is 0.320 e. The van der Waals surface area contributed by atoms with E-state index in [1.54, 1.807) is 0 Å². The number of carboxylic acid groups (broad SMARTS) is 1. The van der Waals surface area contributed by atoms with Crippen molar-refractivity contribution in [3.8, 4) is 0 Å². The molecular weight excluding hydrogens is 154 g/mol. The summed E-state index contributed by atoms with van der Waals surface area (Å²) in [5.41, 5.74) is 5.89. The van der Waals surface area contributed by atoms with Crippen LogP contribution in [0.1, 0.15) is 39.0 Å². The van der Waals surface area contributed by atoms with Gasteiger partial charge in [-0.25, -0.2) is 0 Å². The highest BCUT2D eigenvalue weighted by Gasteiger charge is 2.36. The third-order valence-electron chi connectivity index (χ3n) is 2.72. The lowest BCUT2D eigenvalue weighted by Gasteiger charge is -2.09. The number of carbonyl (C=O) groups is 1. The molecule has 0 aromatic heterocycles. The minimum absolute atomic E-state index is 0.526. The highest BCUT2D eigenvalue weighted by atomic mass is 16.4. The van der Waals surface area contributed by atoms with Crippen molar-refractivity contribution in [3.05, 3.63) is 0 Å². The van der Waals surface area contributed by atoms with Gasteiger partial charge in [-0.3, -0.25) is 4.79 Å². The van der Waals surface area contributed by atoms with Crippen LogP contribution in [0, 0.1) is 5.41 Å². The predicted octanol–water partition coefficient (Wildman–Crippen LogP) is 1.37. The van der Waals surface area contributed by atoms with Gasteiger partial charge in [0, 0.05) is 0 Å². The quantitative estimate of drug-likeness (QED) is 0.656. The normalized spacial score (nSPS) is 21.8. The first-order valence-corrected chi connectivity index (χ1v) is 4.52. The molecule has 1 rings (SSSR count). The van der Waals surface area contributed by atoms with E-state index in [1.807, 2.05) is 0 Å². The molecule has 12 heavy (non-hydrogen) atoms. The van der Waals surface area contributed by atoms with Gasteiger partial charge >= 0.3 is 5.97 Å². The van der Waals surface area contributed by atoms with Gasteiger partial charge in [-0.15, -0.1) is 0 Å². The van der Waals surface area contributed by atoms with Gasteiger partial charge in [-0.2, -0.15) is 0 Å². The molecule has 1 aliphatic carbocycles. The van der Waals surface area contributed by atoms with Crippen molar-refractivity contribution >= 4 is 5.97 Å². The number of nitrogens with two attached hydrogens (primary N) is 1. The lowest BCUT2D eigenvalue weighted by Crippen LogP contribution is -2.29. The molecule has 1 atom stereocenters. The Kier molecular flexibility index (Phi) is 2.73. The molecular formula is C9H17NO2. The van der Waals surface area contributed by atoms with E-state index < -0.39 is 12.0 Å². The van der Waals surface area contributed by atoms with Gasteiger partial charge in [0.2, 0.25) is 0 Å². The van der Waals surface area contributed by atoms with Crippen molar-refractivity contribution in [1.82, 2.24) is 0 Å². The molecule has 70 valence electrons. The van der Waals surface area contributed by atoms with Crippen LogP contribution >= 0.6 is 0 Å². The molecule has 0 heterocycles. The van der Waals surface area contributed by atoms with Gasteiger partial charge < -0.3 is 10.8 Å². The van der Waals surface area contributed by atoms with Crippen LogP contribution in [0.15, 0.2) is 0 Å². The second-order valence-corrected chi connectivity index (χ2v) is 4.15. The zero-order chi connectivity index (χ0) is 9.19. The molecule has 0 spiro atoms. The molecule has 0 bridgehead atoms. The van der Waals surface area contributed by atoms with E-state index >= 15 is 0 Å². The molecule has 0 aromatic carbocycles. The number of rotatable bonds is 5. The van der Waals surface area contributed by atoms with Gasteiger partial charge in [0.05, 0.1) is 0 Å². The fourth-order valence-corrected chi connectivity index (χ4v) is 1.34. The Morgan fingerprint density at radius 3 is 2.67 bits per heavy atom. The Labute approximate surface area is 72.9 Å². The second kappa shape index (κ2) is 3.44. The van der Waals surface area contributed by atoms with Crippen molar-refractivity contribution in [1.29, 1.82) is 0 Å². The Hall–Kier alpha value is -0.570. The second-order valence-electron chi connectivity index (χ2n) is 4.15. The first-order valence-electron chi connectivity index (χ1n) is 4.52. The van der Waals surface area contributed by atoms with Gasteiger partial charge in [0.25, 0.3) is 0 Å². The van der Waals surface area contributed by atoms with Crippen LogP contribution in [0.2, 0.25) is 0 Å². The Morgan fingerprint density at radius 2 is 2.25 bits per heavy atom. The molecule has 0 saturated heterocycles. The molecule has 3 nitrogen and oxygen atoms in total. The van der Waals surface area contributed by atoms with Crippen molar-refractivity contribution in [2.24, 2.45) is 11.1 Å². The number of aliphatic carboxylic acids is 1. The molecule has 3 heteroatoms. The summed E-state index contributed by atoms with van der Waals surface area (Å²) < 4.78 is 0. The lowest BCUT2D eigenvalue weighted by atomic mass is 10.00. The largest absolute Gasteiger partial charge is 0.480 e. The molecule has 0 aromatic rings. The van der Waals surface area contributed by atoms with E-state index in [0.717, 1.165) is 12.8 Å². The third kappa shape index (κ3) is 2.81. The Bertz CT molecular complexity index is 175. The van der Waals surface area contributed by atoms with Crippen LogP contribution in [0.5, 0.6) is 0 Å². The molecule has 1 saturated carbocycles. The van der Waals surface area contributed by atoms with Crippen molar-refractivity contribution in [3.63, 3.8) is 0 Å². The zero-order valence-corrected chi connectivity index (χ0v) is 7.55. The first-order chi connectivity index (χ1) is 5.53. The van der Waals surface area contributed by atoms with Gasteiger partial charge in [-0.05, 0) is 31.1 Å². The summed E-state index contributed by atoms with van der Waals surface area (Å²) in [7, 11) is 0. The summed E-state index contributed by atoms with van der Waals surface area (Å²) in [6.07, 6.45) is 5.30. The van der Waals surface area contributed by atoms with Gasteiger partial charge in [0.15, 0.2) is 0 Å². The summed E-state index contributed by atoms with van der Waals surface area (Å²) in [6, 6.07) is -0.660. The predicted molar refractivity (Wildman–Crippen MR) is 46.8 cm³/mol. The molecule has 1 fully saturated rings. The van der Waals surface area contributed by atoms with E-state index in [0.29, 0.717) is 11.8 Å². The average Bonchev–Trinajstić information content (AvgIpc) is 2.68. The van der Waals surface area contributed by atoms with Crippen molar-refractivity contribution in [2.75, 3.05) is 0 Å². The third-order valence-corrected chi connectivity index (χ3v) is 2.72.